The monoisotopic (exact) mass is 364 g/mol. The standard InChI is InChI=1S/C12H8BrCl2FN2O/c1-6-2-11(15)18-12(17-6)5-19-10-4-9(16)7(13)3-8(10)14/h2-4H,5H2,1H3. The van der Waals surface area contributed by atoms with E-state index >= 15 is 0 Å². The predicted molar refractivity (Wildman–Crippen MR) is 75.2 cm³/mol. The lowest BCUT2D eigenvalue weighted by Gasteiger charge is -2.08. The molecule has 0 aliphatic carbocycles. The largest absolute Gasteiger partial charge is 0.484 e. The molecular weight excluding hydrogens is 358 g/mol. The average Bonchev–Trinajstić information content (AvgIpc) is 2.31. The topological polar surface area (TPSA) is 35.0 Å². The number of aromatic nitrogens is 2. The van der Waals surface area contributed by atoms with Gasteiger partial charge in [0.2, 0.25) is 0 Å². The van der Waals surface area contributed by atoms with E-state index in [-0.39, 0.29) is 16.8 Å². The summed E-state index contributed by atoms with van der Waals surface area (Å²) >= 11 is 14.8. The maximum absolute atomic E-state index is 13.4. The van der Waals surface area contributed by atoms with E-state index in [1.165, 1.54) is 12.1 Å². The zero-order valence-corrected chi connectivity index (χ0v) is 12.9. The van der Waals surface area contributed by atoms with Gasteiger partial charge < -0.3 is 4.74 Å². The van der Waals surface area contributed by atoms with Gasteiger partial charge in [0, 0.05) is 11.8 Å². The van der Waals surface area contributed by atoms with Crippen LogP contribution in [-0.2, 0) is 6.61 Å². The molecule has 1 aromatic carbocycles. The first-order valence-electron chi connectivity index (χ1n) is 5.23. The molecule has 0 spiro atoms. The molecule has 0 aliphatic rings. The molecule has 100 valence electrons. The highest BCUT2D eigenvalue weighted by molar-refractivity contribution is 9.10. The number of benzene rings is 1. The van der Waals surface area contributed by atoms with Gasteiger partial charge in [-0.15, -0.1) is 0 Å². The average molecular weight is 366 g/mol. The van der Waals surface area contributed by atoms with Gasteiger partial charge in [-0.1, -0.05) is 23.2 Å². The predicted octanol–water partition coefficient (Wildman–Crippen LogP) is 4.57. The number of aryl methyl sites for hydroxylation is 1. The van der Waals surface area contributed by atoms with E-state index < -0.39 is 5.82 Å². The number of hydrogen-bond donors (Lipinski definition) is 0. The van der Waals surface area contributed by atoms with Crippen molar-refractivity contribution in [1.82, 2.24) is 9.97 Å². The molecule has 0 saturated heterocycles. The summed E-state index contributed by atoms with van der Waals surface area (Å²) in [5.41, 5.74) is 0.728. The first-order chi connectivity index (χ1) is 8.95. The molecule has 0 N–H and O–H groups in total. The van der Waals surface area contributed by atoms with Gasteiger partial charge in [-0.05, 0) is 35.0 Å². The van der Waals surface area contributed by atoms with Crippen molar-refractivity contribution in [1.29, 1.82) is 0 Å². The van der Waals surface area contributed by atoms with Gasteiger partial charge in [0.05, 0.1) is 9.50 Å². The maximum Gasteiger partial charge on any atom is 0.167 e. The molecule has 3 nitrogen and oxygen atoms in total. The fraction of sp³-hybridized carbons (Fsp3) is 0.167. The van der Waals surface area contributed by atoms with Crippen molar-refractivity contribution in [2.24, 2.45) is 0 Å². The van der Waals surface area contributed by atoms with Crippen LogP contribution >= 0.6 is 39.1 Å². The van der Waals surface area contributed by atoms with Crippen LogP contribution in [-0.4, -0.2) is 9.97 Å². The Kier molecular flexibility index (Phi) is 4.60. The fourth-order valence-electron chi connectivity index (χ4n) is 1.41. The SMILES string of the molecule is Cc1cc(Cl)nc(COc2cc(F)c(Br)cc2Cl)n1. The van der Waals surface area contributed by atoms with Crippen LogP contribution in [0.2, 0.25) is 10.2 Å². The van der Waals surface area contributed by atoms with Gasteiger partial charge in [-0.3, -0.25) is 0 Å². The molecule has 0 amide bonds. The van der Waals surface area contributed by atoms with Crippen molar-refractivity contribution in [3.63, 3.8) is 0 Å². The van der Waals surface area contributed by atoms with Crippen LogP contribution in [0.4, 0.5) is 4.39 Å². The highest BCUT2D eigenvalue weighted by Crippen LogP contribution is 2.30. The van der Waals surface area contributed by atoms with Crippen molar-refractivity contribution in [3.8, 4) is 5.75 Å². The van der Waals surface area contributed by atoms with Crippen molar-refractivity contribution in [3.05, 3.63) is 50.2 Å². The summed E-state index contributed by atoms with van der Waals surface area (Å²) in [4.78, 5) is 8.15. The Morgan fingerprint density at radius 3 is 2.68 bits per heavy atom. The zero-order chi connectivity index (χ0) is 14.0. The van der Waals surface area contributed by atoms with Crippen LogP contribution in [0, 0.1) is 12.7 Å². The van der Waals surface area contributed by atoms with E-state index in [1.807, 2.05) is 0 Å². The highest BCUT2D eigenvalue weighted by atomic mass is 79.9. The maximum atomic E-state index is 13.4. The summed E-state index contributed by atoms with van der Waals surface area (Å²) in [6.07, 6.45) is 0. The molecule has 0 bridgehead atoms. The minimum Gasteiger partial charge on any atom is -0.484 e. The van der Waals surface area contributed by atoms with Crippen LogP contribution in [0.3, 0.4) is 0 Å². The molecule has 19 heavy (non-hydrogen) atoms. The normalized spacial score (nSPS) is 10.6. The van der Waals surface area contributed by atoms with Gasteiger partial charge in [-0.2, -0.15) is 0 Å². The molecule has 0 saturated carbocycles. The molecule has 0 radical (unpaired) electrons. The third-order valence-corrected chi connectivity index (χ3v) is 3.30. The Morgan fingerprint density at radius 1 is 1.26 bits per heavy atom. The summed E-state index contributed by atoms with van der Waals surface area (Å²) in [6, 6.07) is 4.26. The molecule has 0 unspecified atom stereocenters. The number of nitrogens with zero attached hydrogens (tertiary/aromatic N) is 2. The lowest BCUT2D eigenvalue weighted by atomic mass is 10.3. The molecular formula is C12H8BrCl2FN2O. The Hall–Kier alpha value is -0.910. The summed E-state index contributed by atoms with van der Waals surface area (Å²) < 4.78 is 19.0. The molecule has 7 heteroatoms. The Labute approximate surface area is 127 Å². The van der Waals surface area contributed by atoms with Crippen LogP contribution in [0.25, 0.3) is 0 Å². The van der Waals surface area contributed by atoms with Crippen LogP contribution in [0.1, 0.15) is 11.5 Å². The van der Waals surface area contributed by atoms with E-state index in [9.17, 15) is 4.39 Å². The van der Waals surface area contributed by atoms with Gasteiger partial charge in [0.15, 0.2) is 5.82 Å². The van der Waals surface area contributed by atoms with E-state index in [1.54, 1.807) is 13.0 Å². The first-order valence-corrected chi connectivity index (χ1v) is 6.78. The van der Waals surface area contributed by atoms with E-state index in [4.69, 9.17) is 27.9 Å². The second kappa shape index (κ2) is 6.03. The second-order valence-corrected chi connectivity index (χ2v) is 5.38. The van der Waals surface area contributed by atoms with Gasteiger partial charge in [-0.25, -0.2) is 14.4 Å². The molecule has 0 atom stereocenters. The van der Waals surface area contributed by atoms with Crippen molar-refractivity contribution < 1.29 is 9.13 Å². The van der Waals surface area contributed by atoms with Gasteiger partial charge >= 0.3 is 0 Å². The molecule has 2 aromatic rings. The van der Waals surface area contributed by atoms with Crippen molar-refractivity contribution >= 4 is 39.1 Å². The summed E-state index contributed by atoms with van der Waals surface area (Å²) in [5, 5.41) is 0.631. The number of ether oxygens (including phenoxy) is 1. The second-order valence-electron chi connectivity index (χ2n) is 3.73. The number of hydrogen-bond acceptors (Lipinski definition) is 3. The van der Waals surface area contributed by atoms with Crippen molar-refractivity contribution in [2.45, 2.75) is 13.5 Å². The van der Waals surface area contributed by atoms with Crippen molar-refractivity contribution in [2.75, 3.05) is 0 Å². The molecule has 0 fully saturated rings. The molecule has 2 rings (SSSR count). The quantitative estimate of drug-likeness (QED) is 0.590. The third kappa shape index (κ3) is 3.78. The Bertz CT molecular complexity index is 605. The number of rotatable bonds is 3. The molecule has 0 aliphatic heterocycles. The number of halogens is 4. The zero-order valence-electron chi connectivity index (χ0n) is 9.75. The van der Waals surface area contributed by atoms with Crippen LogP contribution in [0.15, 0.2) is 22.7 Å². The van der Waals surface area contributed by atoms with E-state index in [0.29, 0.717) is 16.0 Å². The molecule has 1 aromatic heterocycles. The van der Waals surface area contributed by atoms with Crippen LogP contribution in [0.5, 0.6) is 5.75 Å². The summed E-state index contributed by atoms with van der Waals surface area (Å²) in [6.45, 7) is 1.85. The first kappa shape index (κ1) is 14.5. The summed E-state index contributed by atoms with van der Waals surface area (Å²) in [7, 11) is 0. The minimum atomic E-state index is -0.456. The summed E-state index contributed by atoms with van der Waals surface area (Å²) in [5.74, 6) is 0.176. The van der Waals surface area contributed by atoms with E-state index in [0.717, 1.165) is 5.69 Å². The third-order valence-electron chi connectivity index (χ3n) is 2.20. The Morgan fingerprint density at radius 2 is 2.00 bits per heavy atom. The van der Waals surface area contributed by atoms with Crippen LogP contribution < -0.4 is 4.74 Å². The lowest BCUT2D eigenvalue weighted by molar-refractivity contribution is 0.294. The van der Waals surface area contributed by atoms with Gasteiger partial charge in [0.25, 0.3) is 0 Å². The fourth-order valence-corrected chi connectivity index (χ4v) is 2.36. The highest BCUT2D eigenvalue weighted by Gasteiger charge is 2.09. The lowest BCUT2D eigenvalue weighted by Crippen LogP contribution is -2.03. The Balaban J connectivity index is 2.16. The smallest absolute Gasteiger partial charge is 0.167 e. The van der Waals surface area contributed by atoms with Gasteiger partial charge in [0.1, 0.15) is 23.3 Å². The minimum absolute atomic E-state index is 0.0577. The molecule has 1 heterocycles. The van der Waals surface area contributed by atoms with E-state index in [2.05, 4.69) is 25.9 Å².